The minimum absolute atomic E-state index is 0.112. The highest BCUT2D eigenvalue weighted by Crippen LogP contribution is 2.64. The zero-order valence-electron chi connectivity index (χ0n) is 18.9. The molecule has 234 valence electrons. The number of sulfonamides is 1. The number of nitrogens with zero attached hydrogens (tertiary/aromatic N) is 1. The average Bonchev–Trinajstić information content (AvgIpc) is 2.74. The van der Waals surface area contributed by atoms with Crippen LogP contribution in [0.15, 0.2) is 0 Å². The third-order valence-corrected chi connectivity index (χ3v) is 6.79. The van der Waals surface area contributed by atoms with Crippen LogP contribution in [0.5, 0.6) is 0 Å². The number of carbonyl (C=O) groups excluding carboxylic acids is 1. The highest BCUT2D eigenvalue weighted by Gasteiger charge is 2.96. The molecule has 0 rings (SSSR count). The van der Waals surface area contributed by atoms with E-state index >= 15 is 0 Å². The molecular weight excluding hydrogens is 625 g/mol. The molecule has 0 aliphatic carbocycles. The summed E-state index contributed by atoms with van der Waals surface area (Å²) in [6, 6.07) is 0. The van der Waals surface area contributed by atoms with Gasteiger partial charge in [0.05, 0.1) is 0 Å². The maximum Gasteiger partial charge on any atom is 0.460 e. The summed E-state index contributed by atoms with van der Waals surface area (Å²) in [6.07, 6.45) is -8.15. The molecule has 0 aliphatic rings. The standard InChI is InChI=1S/C16H16F17NO4S/c1-3-5-8(35)38-7-6-34(4-2)39(36,37)16(32,33)14(27,28)12(23,24)10(19,20)9(17,18)11(21,22)13(25,26)15(29,30)31/h3-7H2,1-2H3. The van der Waals surface area contributed by atoms with Crippen LogP contribution in [0.1, 0.15) is 26.7 Å². The fourth-order valence-corrected chi connectivity index (χ4v) is 3.89. The fraction of sp³-hybridized carbons (Fsp3) is 0.938. The van der Waals surface area contributed by atoms with Crippen LogP contribution in [0.25, 0.3) is 0 Å². The summed E-state index contributed by atoms with van der Waals surface area (Å²) in [5.41, 5.74) is 0. The maximum absolute atomic E-state index is 14.2. The second kappa shape index (κ2) is 10.9. The fourth-order valence-electron chi connectivity index (χ4n) is 2.46. The molecule has 0 amide bonds. The van der Waals surface area contributed by atoms with Crippen molar-refractivity contribution in [3.63, 3.8) is 0 Å². The lowest BCUT2D eigenvalue weighted by Gasteiger charge is -2.43. The molecule has 23 heteroatoms. The first-order chi connectivity index (χ1) is 16.9. The predicted octanol–water partition coefficient (Wildman–Crippen LogP) is 5.95. The molecule has 0 unspecified atom stereocenters. The number of esters is 1. The van der Waals surface area contributed by atoms with Gasteiger partial charge in [-0.3, -0.25) is 4.79 Å². The Bertz CT molecular complexity index is 978. The van der Waals surface area contributed by atoms with Crippen molar-refractivity contribution in [1.82, 2.24) is 4.31 Å². The number of likely N-dealkylation sites (N-methyl/N-ethyl adjacent to an activating group) is 1. The Morgan fingerprint density at radius 1 is 0.641 bits per heavy atom. The van der Waals surface area contributed by atoms with Gasteiger partial charge in [0.2, 0.25) is 0 Å². The van der Waals surface area contributed by atoms with Crippen molar-refractivity contribution in [2.24, 2.45) is 0 Å². The minimum Gasteiger partial charge on any atom is -0.464 e. The second-order valence-electron chi connectivity index (χ2n) is 7.43. The molecule has 0 aromatic heterocycles. The lowest BCUT2D eigenvalue weighted by molar-refractivity contribution is -0.458. The van der Waals surface area contributed by atoms with Crippen molar-refractivity contribution in [3.05, 3.63) is 0 Å². The van der Waals surface area contributed by atoms with Crippen LogP contribution >= 0.6 is 0 Å². The van der Waals surface area contributed by atoms with Crippen molar-refractivity contribution in [3.8, 4) is 0 Å². The average molecular weight is 641 g/mol. The Kier molecular flexibility index (Phi) is 10.4. The predicted molar refractivity (Wildman–Crippen MR) is 92.7 cm³/mol. The zero-order chi connectivity index (χ0) is 31.9. The Hall–Kier alpha value is -1.81. The lowest BCUT2D eigenvalue weighted by atomic mass is 9.91. The van der Waals surface area contributed by atoms with E-state index in [4.69, 9.17) is 0 Å². The summed E-state index contributed by atoms with van der Waals surface area (Å²) >= 11 is 0. The molecule has 0 saturated heterocycles. The Morgan fingerprint density at radius 3 is 1.33 bits per heavy atom. The largest absolute Gasteiger partial charge is 0.464 e. The third kappa shape index (κ3) is 5.56. The van der Waals surface area contributed by atoms with Gasteiger partial charge in [0.25, 0.3) is 10.0 Å². The molecular formula is C16H16F17NO4S. The number of alkyl halides is 17. The van der Waals surface area contributed by atoms with E-state index in [0.29, 0.717) is 6.92 Å². The van der Waals surface area contributed by atoms with Gasteiger partial charge in [0.1, 0.15) is 6.61 Å². The van der Waals surface area contributed by atoms with Crippen molar-refractivity contribution in [2.75, 3.05) is 19.7 Å². The highest BCUT2D eigenvalue weighted by atomic mass is 32.2. The number of rotatable bonds is 14. The van der Waals surface area contributed by atoms with Crippen LogP contribution in [0.3, 0.4) is 0 Å². The van der Waals surface area contributed by atoms with E-state index in [-0.39, 0.29) is 12.8 Å². The molecule has 0 radical (unpaired) electrons. The second-order valence-corrected chi connectivity index (χ2v) is 9.41. The normalized spacial score (nSPS) is 15.6. The molecule has 5 nitrogen and oxygen atoms in total. The molecule has 0 aromatic rings. The molecule has 39 heavy (non-hydrogen) atoms. The molecule has 0 bridgehead atoms. The van der Waals surface area contributed by atoms with Gasteiger partial charge in [0.15, 0.2) is 0 Å². The molecule has 0 N–H and O–H groups in total. The number of ether oxygens (including phenoxy) is 1. The number of carbonyl (C=O) groups is 1. The van der Waals surface area contributed by atoms with E-state index in [1.54, 1.807) is 0 Å². The van der Waals surface area contributed by atoms with Crippen molar-refractivity contribution < 1.29 is 92.6 Å². The van der Waals surface area contributed by atoms with Crippen LogP contribution in [0.4, 0.5) is 74.6 Å². The Morgan fingerprint density at radius 2 is 1.00 bits per heavy atom. The Balaban J connectivity index is 6.71. The minimum atomic E-state index is -8.90. The van der Waals surface area contributed by atoms with E-state index in [1.165, 1.54) is 6.92 Å². The third-order valence-electron chi connectivity index (χ3n) is 4.77. The molecule has 0 atom stereocenters. The number of halogens is 17. The summed E-state index contributed by atoms with van der Waals surface area (Å²) in [4.78, 5) is 11.2. The maximum atomic E-state index is 14.2. The quantitative estimate of drug-likeness (QED) is 0.174. The topological polar surface area (TPSA) is 63.7 Å². The van der Waals surface area contributed by atoms with E-state index in [1.807, 2.05) is 0 Å². The summed E-state index contributed by atoms with van der Waals surface area (Å²) in [5, 5.41) is -7.64. The Labute approximate surface area is 207 Å². The first kappa shape index (κ1) is 37.2. The summed E-state index contributed by atoms with van der Waals surface area (Å²) in [7, 11) is -7.41. The van der Waals surface area contributed by atoms with Gasteiger partial charge in [-0.1, -0.05) is 13.8 Å². The zero-order valence-corrected chi connectivity index (χ0v) is 19.8. The van der Waals surface area contributed by atoms with Crippen molar-refractivity contribution in [1.29, 1.82) is 0 Å². The number of hydrogen-bond acceptors (Lipinski definition) is 4. The highest BCUT2D eigenvalue weighted by molar-refractivity contribution is 7.90. The van der Waals surface area contributed by atoms with E-state index < -0.39 is 87.0 Å². The first-order valence-electron chi connectivity index (χ1n) is 9.78. The van der Waals surface area contributed by atoms with Crippen molar-refractivity contribution >= 4 is 16.0 Å². The van der Waals surface area contributed by atoms with Crippen LogP contribution in [-0.4, -0.2) is 85.4 Å². The van der Waals surface area contributed by atoms with Crippen molar-refractivity contribution in [2.45, 2.75) is 73.7 Å². The summed E-state index contributed by atoms with van der Waals surface area (Å²) in [6.45, 7) is -2.30. The van der Waals surface area contributed by atoms with Crippen LogP contribution in [-0.2, 0) is 19.6 Å². The molecule has 0 saturated carbocycles. The van der Waals surface area contributed by atoms with Gasteiger partial charge >= 0.3 is 52.9 Å². The SMILES string of the molecule is CCCC(=O)OCCN(CC)S(=O)(=O)C(F)(F)C(F)(F)C(F)(F)C(F)(F)C(F)(F)C(F)(F)C(F)(F)C(F)(F)F. The van der Waals surface area contributed by atoms with Gasteiger partial charge in [0, 0.05) is 19.5 Å². The molecule has 0 aromatic carbocycles. The van der Waals surface area contributed by atoms with Gasteiger partial charge in [-0.15, -0.1) is 0 Å². The van der Waals surface area contributed by atoms with E-state index in [9.17, 15) is 87.8 Å². The molecule has 0 spiro atoms. The van der Waals surface area contributed by atoms with E-state index in [2.05, 4.69) is 4.74 Å². The van der Waals surface area contributed by atoms with Crippen LogP contribution < -0.4 is 0 Å². The van der Waals surface area contributed by atoms with E-state index in [0.717, 1.165) is 0 Å². The number of hydrogen-bond donors (Lipinski definition) is 0. The smallest absolute Gasteiger partial charge is 0.460 e. The van der Waals surface area contributed by atoms with Gasteiger partial charge in [-0.05, 0) is 6.42 Å². The lowest BCUT2D eigenvalue weighted by Crippen LogP contribution is -2.75. The first-order valence-corrected chi connectivity index (χ1v) is 11.2. The van der Waals surface area contributed by atoms with Gasteiger partial charge < -0.3 is 4.74 Å². The molecule has 0 heterocycles. The molecule has 0 aliphatic heterocycles. The van der Waals surface area contributed by atoms with Gasteiger partial charge in [-0.2, -0.15) is 78.9 Å². The van der Waals surface area contributed by atoms with Crippen LogP contribution in [0, 0.1) is 0 Å². The van der Waals surface area contributed by atoms with Crippen LogP contribution in [0.2, 0.25) is 0 Å². The summed E-state index contributed by atoms with van der Waals surface area (Å²) in [5.74, 6) is -53.1. The molecule has 0 fully saturated rings. The summed E-state index contributed by atoms with van der Waals surface area (Å²) < 4.78 is 254. The van der Waals surface area contributed by atoms with Gasteiger partial charge in [-0.25, -0.2) is 8.42 Å². The monoisotopic (exact) mass is 641 g/mol.